The van der Waals surface area contributed by atoms with Gasteiger partial charge in [-0.3, -0.25) is 4.68 Å². The van der Waals surface area contributed by atoms with Gasteiger partial charge in [-0.2, -0.15) is 5.10 Å². The van der Waals surface area contributed by atoms with E-state index in [1.807, 2.05) is 10.7 Å². The quantitative estimate of drug-likeness (QED) is 0.718. The minimum absolute atomic E-state index is 0.494. The van der Waals surface area contributed by atoms with Gasteiger partial charge in [-0.15, -0.1) is 0 Å². The summed E-state index contributed by atoms with van der Waals surface area (Å²) in [4.78, 5) is 0. The smallest absolute Gasteiger partial charge is 0.127 e. The molecular weight excluding hydrogens is 174 g/mol. The molecule has 1 N–H and O–H groups in total. The standard InChI is InChI=1S/C8H12ClN3/c9-8-3-6-11-12(8)7-1-4-10-5-2-7/h3,6-7,10H,1-2,4-5H2. The highest BCUT2D eigenvalue weighted by atomic mass is 35.5. The first kappa shape index (κ1) is 8.08. The number of hydrogen-bond acceptors (Lipinski definition) is 2. The molecule has 1 aliphatic heterocycles. The molecule has 12 heavy (non-hydrogen) atoms. The number of nitrogens with zero attached hydrogens (tertiary/aromatic N) is 2. The van der Waals surface area contributed by atoms with Gasteiger partial charge in [-0.1, -0.05) is 11.6 Å². The van der Waals surface area contributed by atoms with E-state index in [1.54, 1.807) is 6.20 Å². The topological polar surface area (TPSA) is 29.9 Å². The van der Waals surface area contributed by atoms with E-state index < -0.39 is 0 Å². The molecule has 1 fully saturated rings. The molecule has 0 saturated carbocycles. The Kier molecular flexibility index (Phi) is 2.33. The van der Waals surface area contributed by atoms with Gasteiger partial charge in [0, 0.05) is 0 Å². The monoisotopic (exact) mass is 185 g/mol. The lowest BCUT2D eigenvalue weighted by Crippen LogP contribution is -2.29. The molecule has 2 rings (SSSR count). The largest absolute Gasteiger partial charge is 0.317 e. The number of piperidine rings is 1. The SMILES string of the molecule is Clc1ccnn1C1CCNCC1. The summed E-state index contributed by atoms with van der Waals surface area (Å²) >= 11 is 5.95. The maximum atomic E-state index is 5.95. The van der Waals surface area contributed by atoms with Gasteiger partial charge >= 0.3 is 0 Å². The van der Waals surface area contributed by atoms with E-state index in [4.69, 9.17) is 11.6 Å². The second-order valence-electron chi connectivity index (χ2n) is 3.08. The molecule has 66 valence electrons. The number of rotatable bonds is 1. The van der Waals surface area contributed by atoms with Crippen LogP contribution in [0.1, 0.15) is 18.9 Å². The van der Waals surface area contributed by atoms with E-state index in [2.05, 4.69) is 10.4 Å². The summed E-state index contributed by atoms with van der Waals surface area (Å²) in [5.41, 5.74) is 0. The Bertz CT molecular complexity index is 253. The van der Waals surface area contributed by atoms with Crippen molar-refractivity contribution in [2.75, 3.05) is 13.1 Å². The van der Waals surface area contributed by atoms with E-state index in [0.717, 1.165) is 31.1 Å². The van der Waals surface area contributed by atoms with Crippen LogP contribution in [0.2, 0.25) is 5.15 Å². The van der Waals surface area contributed by atoms with Gasteiger partial charge in [0.25, 0.3) is 0 Å². The molecule has 1 saturated heterocycles. The highest BCUT2D eigenvalue weighted by molar-refractivity contribution is 6.29. The lowest BCUT2D eigenvalue weighted by Gasteiger charge is -2.23. The van der Waals surface area contributed by atoms with Crippen molar-refractivity contribution in [3.63, 3.8) is 0 Å². The van der Waals surface area contributed by atoms with Crippen LogP contribution in [0.3, 0.4) is 0 Å². The molecule has 0 spiro atoms. The Hall–Kier alpha value is -0.540. The van der Waals surface area contributed by atoms with Crippen molar-refractivity contribution in [1.82, 2.24) is 15.1 Å². The van der Waals surface area contributed by atoms with E-state index in [0.29, 0.717) is 6.04 Å². The Morgan fingerprint density at radius 2 is 2.25 bits per heavy atom. The van der Waals surface area contributed by atoms with Crippen LogP contribution >= 0.6 is 11.6 Å². The van der Waals surface area contributed by atoms with Gasteiger partial charge in [0.2, 0.25) is 0 Å². The van der Waals surface area contributed by atoms with E-state index in [-0.39, 0.29) is 0 Å². The summed E-state index contributed by atoms with van der Waals surface area (Å²) in [5, 5.41) is 8.26. The van der Waals surface area contributed by atoms with Gasteiger partial charge in [0.1, 0.15) is 5.15 Å². The Balaban J connectivity index is 2.13. The highest BCUT2D eigenvalue weighted by Gasteiger charge is 2.16. The predicted octanol–water partition coefficient (Wildman–Crippen LogP) is 1.46. The molecule has 0 unspecified atom stereocenters. The summed E-state index contributed by atoms with van der Waals surface area (Å²) < 4.78 is 1.92. The summed E-state index contributed by atoms with van der Waals surface area (Å²) in [6.45, 7) is 2.14. The normalized spacial score (nSPS) is 19.8. The zero-order chi connectivity index (χ0) is 8.39. The summed E-state index contributed by atoms with van der Waals surface area (Å²) in [6.07, 6.45) is 4.01. The van der Waals surface area contributed by atoms with Crippen LogP contribution in [0, 0.1) is 0 Å². The maximum Gasteiger partial charge on any atom is 0.127 e. The van der Waals surface area contributed by atoms with Crippen molar-refractivity contribution >= 4 is 11.6 Å². The van der Waals surface area contributed by atoms with Gasteiger partial charge in [-0.05, 0) is 32.0 Å². The van der Waals surface area contributed by atoms with Crippen molar-refractivity contribution in [1.29, 1.82) is 0 Å². The molecule has 0 aliphatic carbocycles. The lowest BCUT2D eigenvalue weighted by molar-refractivity contribution is 0.343. The summed E-state index contributed by atoms with van der Waals surface area (Å²) in [5.74, 6) is 0. The minimum atomic E-state index is 0.494. The van der Waals surface area contributed by atoms with Crippen LogP contribution in [-0.2, 0) is 0 Å². The first-order chi connectivity index (χ1) is 5.88. The molecule has 0 aromatic carbocycles. The fraction of sp³-hybridized carbons (Fsp3) is 0.625. The van der Waals surface area contributed by atoms with E-state index >= 15 is 0 Å². The third-order valence-corrected chi connectivity index (χ3v) is 2.58. The molecule has 0 amide bonds. The molecule has 2 heterocycles. The number of aromatic nitrogens is 2. The molecule has 0 radical (unpaired) electrons. The van der Waals surface area contributed by atoms with Crippen LogP contribution in [0.25, 0.3) is 0 Å². The van der Waals surface area contributed by atoms with Crippen molar-refractivity contribution in [2.24, 2.45) is 0 Å². The molecule has 0 bridgehead atoms. The fourth-order valence-electron chi connectivity index (χ4n) is 1.62. The number of nitrogens with one attached hydrogen (secondary N) is 1. The average Bonchev–Trinajstić information content (AvgIpc) is 2.53. The third kappa shape index (κ3) is 1.47. The molecule has 3 nitrogen and oxygen atoms in total. The predicted molar refractivity (Wildman–Crippen MR) is 48.4 cm³/mol. The second kappa shape index (κ2) is 3.46. The maximum absolute atomic E-state index is 5.95. The summed E-state index contributed by atoms with van der Waals surface area (Å²) in [6, 6.07) is 2.33. The summed E-state index contributed by atoms with van der Waals surface area (Å²) in [7, 11) is 0. The Morgan fingerprint density at radius 1 is 1.50 bits per heavy atom. The van der Waals surface area contributed by atoms with Crippen molar-refractivity contribution < 1.29 is 0 Å². The molecule has 1 aromatic rings. The Morgan fingerprint density at radius 3 is 2.83 bits per heavy atom. The lowest BCUT2D eigenvalue weighted by atomic mass is 10.1. The van der Waals surface area contributed by atoms with Crippen molar-refractivity contribution in [3.05, 3.63) is 17.4 Å². The van der Waals surface area contributed by atoms with E-state index in [9.17, 15) is 0 Å². The van der Waals surface area contributed by atoms with Crippen molar-refractivity contribution in [2.45, 2.75) is 18.9 Å². The van der Waals surface area contributed by atoms with Gasteiger partial charge in [-0.25, -0.2) is 0 Å². The highest BCUT2D eigenvalue weighted by Crippen LogP contribution is 2.21. The number of hydrogen-bond donors (Lipinski definition) is 1. The number of halogens is 1. The Labute approximate surface area is 76.7 Å². The fourth-order valence-corrected chi connectivity index (χ4v) is 1.86. The van der Waals surface area contributed by atoms with Gasteiger partial charge in [0.15, 0.2) is 0 Å². The minimum Gasteiger partial charge on any atom is -0.317 e. The molecule has 0 atom stereocenters. The molecule has 4 heteroatoms. The van der Waals surface area contributed by atoms with Crippen LogP contribution < -0.4 is 5.32 Å². The van der Waals surface area contributed by atoms with Crippen LogP contribution in [-0.4, -0.2) is 22.9 Å². The van der Waals surface area contributed by atoms with Gasteiger partial charge < -0.3 is 5.32 Å². The second-order valence-corrected chi connectivity index (χ2v) is 3.47. The van der Waals surface area contributed by atoms with Gasteiger partial charge in [0.05, 0.1) is 12.2 Å². The van der Waals surface area contributed by atoms with Crippen molar-refractivity contribution in [3.8, 4) is 0 Å². The average molecular weight is 186 g/mol. The van der Waals surface area contributed by atoms with Crippen LogP contribution in [0.4, 0.5) is 0 Å². The third-order valence-electron chi connectivity index (χ3n) is 2.28. The first-order valence-electron chi connectivity index (χ1n) is 4.27. The van der Waals surface area contributed by atoms with Crippen LogP contribution in [0.15, 0.2) is 12.3 Å². The molecule has 1 aliphatic rings. The van der Waals surface area contributed by atoms with E-state index in [1.165, 1.54) is 0 Å². The molecule has 1 aromatic heterocycles. The zero-order valence-corrected chi connectivity index (χ0v) is 7.59. The zero-order valence-electron chi connectivity index (χ0n) is 6.83. The first-order valence-corrected chi connectivity index (χ1v) is 4.65. The molecular formula is C8H12ClN3. The van der Waals surface area contributed by atoms with Crippen LogP contribution in [0.5, 0.6) is 0 Å².